The molecule has 2 atom stereocenters. The lowest BCUT2D eigenvalue weighted by Gasteiger charge is -2.37. The Morgan fingerprint density at radius 3 is 2.60 bits per heavy atom. The van der Waals surface area contributed by atoms with Gasteiger partial charge in [0, 0.05) is 5.25 Å². The molecule has 0 aromatic heterocycles. The fourth-order valence-electron chi connectivity index (χ4n) is 2.19. The average Bonchev–Trinajstić information content (AvgIpc) is 2.14. The Balaban J connectivity index is 1.90. The van der Waals surface area contributed by atoms with Crippen molar-refractivity contribution in [2.45, 2.75) is 44.8 Å². The zero-order valence-electron chi connectivity index (χ0n) is 9.75. The van der Waals surface area contributed by atoms with Crippen molar-refractivity contribution in [3.05, 3.63) is 34.8 Å². The van der Waals surface area contributed by atoms with Crippen LogP contribution in [0.15, 0.2) is 34.8 Å². The summed E-state index contributed by atoms with van der Waals surface area (Å²) in [5, 5.41) is 0.820. The van der Waals surface area contributed by atoms with Gasteiger partial charge in [-0.3, -0.25) is 0 Å². The third kappa shape index (κ3) is 2.57. The lowest BCUT2D eigenvalue weighted by atomic mass is 9.80. The quantitative estimate of drug-likeness (QED) is 0.621. The van der Waals surface area contributed by atoms with Crippen LogP contribution in [0.4, 0.5) is 0 Å². The molecule has 0 heterocycles. The number of hydrogen-bond donors (Lipinski definition) is 0. The number of allylic oxidation sites excluding steroid dienone is 5. The summed E-state index contributed by atoms with van der Waals surface area (Å²) in [6.07, 6.45) is 9.84. The van der Waals surface area contributed by atoms with Crippen LogP contribution in [0, 0.1) is 5.92 Å². The third-order valence-electron chi connectivity index (χ3n) is 3.47. The second-order valence-corrected chi connectivity index (χ2v) is 6.20. The zero-order valence-corrected chi connectivity index (χ0v) is 10.6. The van der Waals surface area contributed by atoms with E-state index in [1.807, 2.05) is 0 Å². The van der Waals surface area contributed by atoms with Gasteiger partial charge in [-0.2, -0.15) is 0 Å². The Morgan fingerprint density at radius 2 is 2.13 bits per heavy atom. The monoisotopic (exact) mass is 220 g/mol. The molecular weight excluding hydrogens is 200 g/mol. The van der Waals surface area contributed by atoms with Gasteiger partial charge in [0.1, 0.15) is 0 Å². The molecule has 2 aliphatic carbocycles. The van der Waals surface area contributed by atoms with Crippen LogP contribution < -0.4 is 0 Å². The minimum Gasteiger partial charge on any atom is -0.127 e. The number of hydrogen-bond acceptors (Lipinski definition) is 1. The van der Waals surface area contributed by atoms with Gasteiger partial charge < -0.3 is 0 Å². The molecule has 0 N–H and O–H groups in total. The molecule has 0 amide bonds. The maximum Gasteiger partial charge on any atom is 0.0157 e. The Bertz CT molecular complexity index is 322. The molecule has 0 radical (unpaired) electrons. The highest BCUT2D eigenvalue weighted by Gasteiger charge is 2.32. The summed E-state index contributed by atoms with van der Waals surface area (Å²) in [6.45, 7) is 8.49. The molecule has 15 heavy (non-hydrogen) atoms. The molecule has 0 bridgehead atoms. The van der Waals surface area contributed by atoms with Gasteiger partial charge in [-0.15, -0.1) is 11.8 Å². The summed E-state index contributed by atoms with van der Waals surface area (Å²) in [5.41, 5.74) is 2.89. The molecule has 1 heteroatoms. The van der Waals surface area contributed by atoms with Crippen LogP contribution in [0.5, 0.6) is 0 Å². The van der Waals surface area contributed by atoms with Crippen molar-refractivity contribution in [1.82, 2.24) is 0 Å². The second kappa shape index (κ2) is 4.61. The molecule has 0 aliphatic heterocycles. The van der Waals surface area contributed by atoms with Crippen LogP contribution in [-0.2, 0) is 0 Å². The highest BCUT2D eigenvalue weighted by Crippen LogP contribution is 2.45. The van der Waals surface area contributed by atoms with Gasteiger partial charge in [0.25, 0.3) is 0 Å². The van der Waals surface area contributed by atoms with Crippen molar-refractivity contribution in [2.75, 3.05) is 0 Å². The molecule has 0 nitrogen and oxygen atoms in total. The normalized spacial score (nSPS) is 30.3. The first-order chi connectivity index (χ1) is 7.16. The molecule has 2 aliphatic rings. The molecule has 0 aromatic carbocycles. The molecule has 0 saturated heterocycles. The second-order valence-electron chi connectivity index (χ2n) is 4.83. The van der Waals surface area contributed by atoms with Gasteiger partial charge in [-0.05, 0) is 50.4 Å². The topological polar surface area (TPSA) is 0 Å². The fraction of sp³-hybridized carbons (Fsp3) is 0.571. The van der Waals surface area contributed by atoms with E-state index in [1.165, 1.54) is 36.8 Å². The molecule has 1 saturated carbocycles. The van der Waals surface area contributed by atoms with E-state index < -0.39 is 0 Å². The molecule has 2 unspecified atom stereocenters. The Kier molecular flexibility index (Phi) is 3.40. The molecule has 2 rings (SSSR count). The van der Waals surface area contributed by atoms with Crippen LogP contribution in [0.2, 0.25) is 0 Å². The highest BCUT2D eigenvalue weighted by atomic mass is 32.2. The summed E-state index contributed by atoms with van der Waals surface area (Å²) in [6, 6.07) is 0. The third-order valence-corrected chi connectivity index (χ3v) is 4.98. The van der Waals surface area contributed by atoms with Gasteiger partial charge >= 0.3 is 0 Å². The van der Waals surface area contributed by atoms with Crippen molar-refractivity contribution >= 4 is 11.8 Å². The van der Waals surface area contributed by atoms with Gasteiger partial charge in [0.05, 0.1) is 0 Å². The van der Waals surface area contributed by atoms with Crippen molar-refractivity contribution in [3.63, 3.8) is 0 Å². The zero-order chi connectivity index (χ0) is 10.8. The predicted molar refractivity (Wildman–Crippen MR) is 70.0 cm³/mol. The van der Waals surface area contributed by atoms with Crippen molar-refractivity contribution in [3.8, 4) is 0 Å². The molecule has 82 valence electrons. The lowest BCUT2D eigenvalue weighted by Crippen LogP contribution is -2.29. The summed E-state index contributed by atoms with van der Waals surface area (Å²) in [5.74, 6) is 0.780. The largest absolute Gasteiger partial charge is 0.127 e. The van der Waals surface area contributed by atoms with Crippen molar-refractivity contribution in [1.29, 1.82) is 0 Å². The number of rotatable bonds is 3. The standard InChI is InChI=1S/C14H20S/c1-10(2)13-8-9-14(13)15-12-6-4-11(3)5-7-12/h4,6,13-14H,1,5,7-9H2,2-3H3. The first kappa shape index (κ1) is 11.1. The van der Waals surface area contributed by atoms with Crippen LogP contribution in [-0.4, -0.2) is 5.25 Å². The maximum atomic E-state index is 4.09. The minimum absolute atomic E-state index is 0.780. The van der Waals surface area contributed by atoms with E-state index >= 15 is 0 Å². The van der Waals surface area contributed by atoms with E-state index in [0.717, 1.165) is 11.2 Å². The van der Waals surface area contributed by atoms with E-state index in [-0.39, 0.29) is 0 Å². The van der Waals surface area contributed by atoms with Gasteiger partial charge in [-0.25, -0.2) is 0 Å². The van der Waals surface area contributed by atoms with E-state index in [4.69, 9.17) is 0 Å². The lowest BCUT2D eigenvalue weighted by molar-refractivity contribution is 0.386. The minimum atomic E-state index is 0.780. The Hall–Kier alpha value is -0.430. The molecule has 0 spiro atoms. The van der Waals surface area contributed by atoms with Crippen LogP contribution in [0.3, 0.4) is 0 Å². The SMILES string of the molecule is C=C(C)C1CCC1SC1=CC=C(C)CC1. The molecular formula is C14H20S. The van der Waals surface area contributed by atoms with E-state index in [2.05, 4.69) is 44.3 Å². The van der Waals surface area contributed by atoms with Gasteiger partial charge in [0.2, 0.25) is 0 Å². The van der Waals surface area contributed by atoms with Gasteiger partial charge in [-0.1, -0.05) is 29.9 Å². The summed E-state index contributed by atoms with van der Waals surface area (Å²) < 4.78 is 0. The average molecular weight is 220 g/mol. The Labute approximate surface area is 97.5 Å². The van der Waals surface area contributed by atoms with Crippen LogP contribution >= 0.6 is 11.8 Å². The van der Waals surface area contributed by atoms with E-state index in [0.29, 0.717) is 0 Å². The van der Waals surface area contributed by atoms with E-state index in [1.54, 1.807) is 4.91 Å². The molecule has 0 aromatic rings. The van der Waals surface area contributed by atoms with Crippen molar-refractivity contribution in [2.24, 2.45) is 5.92 Å². The maximum absolute atomic E-state index is 4.09. The van der Waals surface area contributed by atoms with Crippen LogP contribution in [0.1, 0.15) is 39.5 Å². The smallest absolute Gasteiger partial charge is 0.0157 e. The fourth-order valence-corrected chi connectivity index (χ4v) is 3.73. The Morgan fingerprint density at radius 1 is 1.33 bits per heavy atom. The summed E-state index contributed by atoms with van der Waals surface area (Å²) in [7, 11) is 0. The highest BCUT2D eigenvalue weighted by molar-refractivity contribution is 8.03. The summed E-state index contributed by atoms with van der Waals surface area (Å²) in [4.78, 5) is 1.58. The first-order valence-corrected chi connectivity index (χ1v) is 6.73. The van der Waals surface area contributed by atoms with Crippen LogP contribution in [0.25, 0.3) is 0 Å². The predicted octanol–water partition coefficient (Wildman–Crippen LogP) is 4.70. The van der Waals surface area contributed by atoms with Gasteiger partial charge in [0.15, 0.2) is 0 Å². The molecule has 1 fully saturated rings. The first-order valence-electron chi connectivity index (χ1n) is 5.85. The number of thioether (sulfide) groups is 1. The van der Waals surface area contributed by atoms with E-state index in [9.17, 15) is 0 Å². The van der Waals surface area contributed by atoms with Crippen molar-refractivity contribution < 1.29 is 0 Å². The summed E-state index contributed by atoms with van der Waals surface area (Å²) >= 11 is 2.10.